The molecule has 1 heterocycles. The standard InChI is InChI=1S/C22H23N3O3/c1-13-6-8-19-17(9-13)18(11-16(4)23-19)22(27)25-24-21(26)12-28-20-10-14(2)5-7-15(20)3/h5-11H,12H2,1-4H3,(H,24,26)(H,25,27). The Labute approximate surface area is 163 Å². The molecule has 0 fully saturated rings. The molecular formula is C22H23N3O3. The molecule has 0 aliphatic rings. The summed E-state index contributed by atoms with van der Waals surface area (Å²) < 4.78 is 5.55. The third kappa shape index (κ3) is 4.46. The lowest BCUT2D eigenvalue weighted by molar-refractivity contribution is -0.123. The maximum Gasteiger partial charge on any atom is 0.276 e. The molecule has 1 aromatic heterocycles. The van der Waals surface area contributed by atoms with Gasteiger partial charge in [0.1, 0.15) is 5.75 Å². The lowest BCUT2D eigenvalue weighted by Gasteiger charge is -2.12. The van der Waals surface area contributed by atoms with E-state index < -0.39 is 11.8 Å². The zero-order chi connectivity index (χ0) is 20.3. The van der Waals surface area contributed by atoms with Gasteiger partial charge in [-0.2, -0.15) is 0 Å². The molecule has 0 spiro atoms. The minimum Gasteiger partial charge on any atom is -0.483 e. The second-order valence-corrected chi connectivity index (χ2v) is 6.89. The number of nitrogens with one attached hydrogen (secondary N) is 2. The normalized spacial score (nSPS) is 10.6. The summed E-state index contributed by atoms with van der Waals surface area (Å²) in [6, 6.07) is 13.2. The van der Waals surface area contributed by atoms with Crippen molar-refractivity contribution in [2.75, 3.05) is 6.61 Å². The van der Waals surface area contributed by atoms with E-state index in [1.165, 1.54) is 0 Å². The SMILES string of the molecule is Cc1ccc(C)c(OCC(=O)NNC(=O)c2cc(C)nc3ccc(C)cc23)c1. The van der Waals surface area contributed by atoms with Crippen LogP contribution in [0.5, 0.6) is 5.75 Å². The zero-order valence-corrected chi connectivity index (χ0v) is 16.4. The van der Waals surface area contributed by atoms with Gasteiger partial charge in [-0.05, 0) is 63.1 Å². The summed E-state index contributed by atoms with van der Waals surface area (Å²) in [5, 5.41) is 0.740. The van der Waals surface area contributed by atoms with Crippen LogP contribution in [0, 0.1) is 27.7 Å². The average Bonchev–Trinajstić information content (AvgIpc) is 2.66. The van der Waals surface area contributed by atoms with Gasteiger partial charge < -0.3 is 4.74 Å². The van der Waals surface area contributed by atoms with Crippen molar-refractivity contribution < 1.29 is 14.3 Å². The highest BCUT2D eigenvalue weighted by molar-refractivity contribution is 6.06. The van der Waals surface area contributed by atoms with Crippen LogP contribution in [0.25, 0.3) is 10.9 Å². The third-order valence-electron chi connectivity index (χ3n) is 4.35. The Hall–Kier alpha value is -3.41. The number of ether oxygens (including phenoxy) is 1. The predicted octanol–water partition coefficient (Wildman–Crippen LogP) is 3.31. The first-order valence-electron chi connectivity index (χ1n) is 9.01. The number of rotatable bonds is 4. The van der Waals surface area contributed by atoms with Crippen molar-refractivity contribution >= 4 is 22.7 Å². The smallest absolute Gasteiger partial charge is 0.276 e. The van der Waals surface area contributed by atoms with Crippen molar-refractivity contribution in [1.82, 2.24) is 15.8 Å². The van der Waals surface area contributed by atoms with Crippen LogP contribution in [0.1, 0.15) is 32.7 Å². The first-order chi connectivity index (χ1) is 13.3. The summed E-state index contributed by atoms with van der Waals surface area (Å²) >= 11 is 0. The van der Waals surface area contributed by atoms with Crippen molar-refractivity contribution in [2.24, 2.45) is 0 Å². The van der Waals surface area contributed by atoms with Crippen molar-refractivity contribution in [2.45, 2.75) is 27.7 Å². The van der Waals surface area contributed by atoms with Crippen LogP contribution in [0.15, 0.2) is 42.5 Å². The number of carbonyl (C=O) groups is 2. The Morgan fingerprint density at radius 2 is 1.64 bits per heavy atom. The fourth-order valence-corrected chi connectivity index (χ4v) is 2.90. The van der Waals surface area contributed by atoms with E-state index in [-0.39, 0.29) is 6.61 Å². The van der Waals surface area contributed by atoms with E-state index in [1.54, 1.807) is 6.07 Å². The Kier molecular flexibility index (Phi) is 5.59. The quantitative estimate of drug-likeness (QED) is 0.684. The first kappa shape index (κ1) is 19.4. The zero-order valence-electron chi connectivity index (χ0n) is 16.4. The van der Waals surface area contributed by atoms with Crippen LogP contribution in [-0.2, 0) is 4.79 Å². The molecule has 0 atom stereocenters. The van der Waals surface area contributed by atoms with E-state index in [0.29, 0.717) is 11.3 Å². The minimum absolute atomic E-state index is 0.195. The summed E-state index contributed by atoms with van der Waals surface area (Å²) in [5.41, 5.74) is 9.79. The van der Waals surface area contributed by atoms with Gasteiger partial charge in [0, 0.05) is 11.1 Å². The molecule has 2 amide bonds. The number of hydrogen-bond acceptors (Lipinski definition) is 4. The fraction of sp³-hybridized carbons (Fsp3) is 0.227. The summed E-state index contributed by atoms with van der Waals surface area (Å²) in [6.45, 7) is 7.45. The molecule has 0 radical (unpaired) electrons. The Morgan fingerprint density at radius 1 is 0.929 bits per heavy atom. The van der Waals surface area contributed by atoms with Gasteiger partial charge in [0.25, 0.3) is 11.8 Å². The van der Waals surface area contributed by atoms with Crippen LogP contribution in [-0.4, -0.2) is 23.4 Å². The molecule has 0 bridgehead atoms. The van der Waals surface area contributed by atoms with Gasteiger partial charge in [-0.1, -0.05) is 23.8 Å². The van der Waals surface area contributed by atoms with Crippen molar-refractivity contribution in [3.63, 3.8) is 0 Å². The van der Waals surface area contributed by atoms with Gasteiger partial charge in [-0.25, -0.2) is 0 Å². The molecule has 0 saturated heterocycles. The highest BCUT2D eigenvalue weighted by Gasteiger charge is 2.13. The highest BCUT2D eigenvalue weighted by atomic mass is 16.5. The Bertz CT molecular complexity index is 1060. The van der Waals surface area contributed by atoms with E-state index in [0.717, 1.165) is 33.3 Å². The number of amides is 2. The number of carbonyl (C=O) groups excluding carboxylic acids is 2. The molecule has 0 unspecified atom stereocenters. The maximum atomic E-state index is 12.6. The Balaban J connectivity index is 1.65. The number of benzene rings is 2. The number of fused-ring (bicyclic) bond motifs is 1. The van der Waals surface area contributed by atoms with Gasteiger partial charge in [-0.3, -0.25) is 25.4 Å². The molecule has 3 rings (SSSR count). The van der Waals surface area contributed by atoms with E-state index in [9.17, 15) is 9.59 Å². The lowest BCUT2D eigenvalue weighted by atomic mass is 10.0. The number of nitrogens with zero attached hydrogens (tertiary/aromatic N) is 1. The monoisotopic (exact) mass is 377 g/mol. The first-order valence-corrected chi connectivity index (χ1v) is 9.01. The molecule has 3 aromatic rings. The molecule has 144 valence electrons. The van der Waals surface area contributed by atoms with Gasteiger partial charge in [0.15, 0.2) is 6.61 Å². The number of hydrogen-bond donors (Lipinski definition) is 2. The molecule has 2 N–H and O–H groups in total. The van der Waals surface area contributed by atoms with Gasteiger partial charge in [0.2, 0.25) is 0 Å². The topological polar surface area (TPSA) is 80.3 Å². The van der Waals surface area contributed by atoms with Crippen LogP contribution in [0.4, 0.5) is 0 Å². The van der Waals surface area contributed by atoms with E-state index >= 15 is 0 Å². The van der Waals surface area contributed by atoms with E-state index in [2.05, 4.69) is 15.8 Å². The maximum absolute atomic E-state index is 12.6. The summed E-state index contributed by atoms with van der Waals surface area (Å²) in [6.07, 6.45) is 0. The molecular weight excluding hydrogens is 354 g/mol. The number of aromatic nitrogens is 1. The fourth-order valence-electron chi connectivity index (χ4n) is 2.90. The van der Waals surface area contributed by atoms with Crippen LogP contribution in [0.2, 0.25) is 0 Å². The molecule has 0 saturated carbocycles. The predicted molar refractivity (Wildman–Crippen MR) is 108 cm³/mol. The molecule has 6 nitrogen and oxygen atoms in total. The summed E-state index contributed by atoms with van der Waals surface area (Å²) in [5.74, 6) is -0.200. The largest absolute Gasteiger partial charge is 0.483 e. The van der Waals surface area contributed by atoms with E-state index in [4.69, 9.17) is 4.74 Å². The average molecular weight is 377 g/mol. The summed E-state index contributed by atoms with van der Waals surface area (Å²) in [4.78, 5) is 29.1. The van der Waals surface area contributed by atoms with Crippen LogP contribution in [0.3, 0.4) is 0 Å². The van der Waals surface area contributed by atoms with Crippen molar-refractivity contribution in [1.29, 1.82) is 0 Å². The van der Waals surface area contributed by atoms with Crippen molar-refractivity contribution in [3.05, 3.63) is 70.4 Å². The second-order valence-electron chi connectivity index (χ2n) is 6.89. The molecule has 6 heteroatoms. The molecule has 28 heavy (non-hydrogen) atoms. The van der Waals surface area contributed by atoms with E-state index in [1.807, 2.05) is 64.1 Å². The number of pyridine rings is 1. The summed E-state index contributed by atoms with van der Waals surface area (Å²) in [7, 11) is 0. The number of hydrazine groups is 1. The van der Waals surface area contributed by atoms with Gasteiger partial charge in [0.05, 0.1) is 11.1 Å². The van der Waals surface area contributed by atoms with Gasteiger partial charge >= 0.3 is 0 Å². The molecule has 0 aliphatic heterocycles. The van der Waals surface area contributed by atoms with Crippen LogP contribution >= 0.6 is 0 Å². The van der Waals surface area contributed by atoms with Crippen molar-refractivity contribution in [3.8, 4) is 5.75 Å². The lowest BCUT2D eigenvalue weighted by Crippen LogP contribution is -2.44. The third-order valence-corrected chi connectivity index (χ3v) is 4.35. The Morgan fingerprint density at radius 3 is 2.43 bits per heavy atom. The van der Waals surface area contributed by atoms with Gasteiger partial charge in [-0.15, -0.1) is 0 Å². The molecule has 0 aliphatic carbocycles. The number of aryl methyl sites for hydroxylation is 4. The van der Waals surface area contributed by atoms with Crippen LogP contribution < -0.4 is 15.6 Å². The minimum atomic E-state index is -0.444. The molecule has 2 aromatic carbocycles. The second kappa shape index (κ2) is 8.08. The highest BCUT2D eigenvalue weighted by Crippen LogP contribution is 2.20.